The zero-order valence-corrected chi connectivity index (χ0v) is 12.8. The molecule has 1 saturated carbocycles. The number of nitrogens with one attached hydrogen (secondary N) is 1. The van der Waals surface area contributed by atoms with Crippen LogP contribution in [0.15, 0.2) is 24.3 Å². The fourth-order valence-electron chi connectivity index (χ4n) is 2.18. The summed E-state index contributed by atoms with van der Waals surface area (Å²) in [5.74, 6) is 0.416. The van der Waals surface area contributed by atoms with Gasteiger partial charge in [0.05, 0.1) is 13.7 Å². The Hall–Kier alpha value is -1.59. The Morgan fingerprint density at radius 1 is 1.38 bits per heavy atom. The SMILES string of the molecule is COCc1cccc(OCC(C)(NC2CC2)C(=O)OC)c1. The lowest BCUT2D eigenvalue weighted by Gasteiger charge is -2.28. The molecule has 0 saturated heterocycles. The molecule has 0 aliphatic heterocycles. The Labute approximate surface area is 125 Å². The van der Waals surface area contributed by atoms with E-state index in [4.69, 9.17) is 14.2 Å². The summed E-state index contributed by atoms with van der Waals surface area (Å²) in [5, 5.41) is 3.30. The van der Waals surface area contributed by atoms with Crippen molar-refractivity contribution in [3.63, 3.8) is 0 Å². The normalized spacial score (nSPS) is 17.1. The Bertz CT molecular complexity index is 487. The molecule has 0 radical (unpaired) electrons. The van der Waals surface area contributed by atoms with Crippen molar-refractivity contribution in [2.24, 2.45) is 0 Å². The molecule has 1 unspecified atom stereocenters. The van der Waals surface area contributed by atoms with Crippen LogP contribution < -0.4 is 10.1 Å². The molecule has 1 aliphatic rings. The van der Waals surface area contributed by atoms with Crippen molar-refractivity contribution in [1.82, 2.24) is 5.32 Å². The minimum absolute atomic E-state index is 0.229. The van der Waals surface area contributed by atoms with Crippen LogP contribution in [0.2, 0.25) is 0 Å². The highest BCUT2D eigenvalue weighted by molar-refractivity contribution is 5.80. The van der Waals surface area contributed by atoms with Crippen LogP contribution >= 0.6 is 0 Å². The van der Waals surface area contributed by atoms with Gasteiger partial charge in [-0.15, -0.1) is 0 Å². The highest BCUT2D eigenvalue weighted by Gasteiger charge is 2.40. The molecule has 5 heteroatoms. The Balaban J connectivity index is 2.00. The first-order valence-corrected chi connectivity index (χ1v) is 7.14. The van der Waals surface area contributed by atoms with Crippen molar-refractivity contribution >= 4 is 5.97 Å². The standard InChI is InChI=1S/C16H23NO4/c1-16(15(18)20-3,17-13-7-8-13)11-21-14-6-4-5-12(9-14)10-19-2/h4-6,9,13,17H,7-8,10-11H2,1-3H3. The van der Waals surface area contributed by atoms with E-state index in [1.807, 2.05) is 31.2 Å². The van der Waals surface area contributed by atoms with Crippen molar-refractivity contribution < 1.29 is 19.0 Å². The maximum atomic E-state index is 12.0. The molecular weight excluding hydrogens is 270 g/mol. The summed E-state index contributed by atoms with van der Waals surface area (Å²) in [6, 6.07) is 8.05. The lowest BCUT2D eigenvalue weighted by molar-refractivity contribution is -0.149. The van der Waals surface area contributed by atoms with Gasteiger partial charge in [0.1, 0.15) is 17.9 Å². The van der Waals surface area contributed by atoms with Crippen LogP contribution in [-0.2, 0) is 20.9 Å². The zero-order chi connectivity index (χ0) is 15.3. The number of carbonyl (C=O) groups is 1. The zero-order valence-electron chi connectivity index (χ0n) is 12.8. The summed E-state index contributed by atoms with van der Waals surface area (Å²) in [6.07, 6.45) is 2.19. The first-order chi connectivity index (χ1) is 10.1. The van der Waals surface area contributed by atoms with Gasteiger partial charge in [-0.25, -0.2) is 4.79 Å². The molecule has 116 valence electrons. The summed E-state index contributed by atoms with van der Waals surface area (Å²) in [4.78, 5) is 12.0. The van der Waals surface area contributed by atoms with E-state index < -0.39 is 5.54 Å². The smallest absolute Gasteiger partial charge is 0.329 e. The van der Waals surface area contributed by atoms with E-state index in [2.05, 4.69) is 5.32 Å². The van der Waals surface area contributed by atoms with Crippen LogP contribution in [0.1, 0.15) is 25.3 Å². The van der Waals surface area contributed by atoms with Gasteiger partial charge < -0.3 is 14.2 Å². The molecule has 1 aromatic rings. The van der Waals surface area contributed by atoms with Gasteiger partial charge in [-0.3, -0.25) is 5.32 Å². The number of ether oxygens (including phenoxy) is 3. The van der Waals surface area contributed by atoms with E-state index in [1.165, 1.54) is 7.11 Å². The second-order valence-electron chi connectivity index (χ2n) is 5.61. The average molecular weight is 293 g/mol. The third kappa shape index (κ3) is 4.44. The Morgan fingerprint density at radius 2 is 2.14 bits per heavy atom. The molecule has 1 aliphatic carbocycles. The fourth-order valence-corrected chi connectivity index (χ4v) is 2.18. The van der Waals surface area contributed by atoms with Gasteiger partial charge in [0.15, 0.2) is 0 Å². The molecule has 5 nitrogen and oxygen atoms in total. The number of hydrogen-bond acceptors (Lipinski definition) is 5. The molecule has 2 rings (SSSR count). The van der Waals surface area contributed by atoms with Crippen molar-refractivity contribution in [3.8, 4) is 5.75 Å². The van der Waals surface area contributed by atoms with E-state index in [1.54, 1.807) is 7.11 Å². The second kappa shape index (κ2) is 6.91. The van der Waals surface area contributed by atoms with Gasteiger partial charge >= 0.3 is 5.97 Å². The molecule has 0 bridgehead atoms. The Morgan fingerprint density at radius 3 is 2.76 bits per heavy atom. The minimum Gasteiger partial charge on any atom is -0.491 e. The third-order valence-corrected chi connectivity index (χ3v) is 3.47. The lowest BCUT2D eigenvalue weighted by Crippen LogP contribution is -2.55. The van der Waals surface area contributed by atoms with Crippen molar-refractivity contribution in [1.29, 1.82) is 0 Å². The van der Waals surface area contributed by atoms with Crippen LogP contribution in [-0.4, -0.2) is 38.4 Å². The first-order valence-electron chi connectivity index (χ1n) is 7.14. The second-order valence-corrected chi connectivity index (χ2v) is 5.61. The number of esters is 1. The van der Waals surface area contributed by atoms with E-state index in [9.17, 15) is 4.79 Å². The molecular formula is C16H23NO4. The lowest BCUT2D eigenvalue weighted by atomic mass is 10.0. The van der Waals surface area contributed by atoms with Crippen LogP contribution in [0.25, 0.3) is 0 Å². The van der Waals surface area contributed by atoms with E-state index in [-0.39, 0.29) is 12.6 Å². The van der Waals surface area contributed by atoms with E-state index in [0.29, 0.717) is 12.6 Å². The first kappa shape index (κ1) is 15.8. The van der Waals surface area contributed by atoms with Crippen LogP contribution in [0.3, 0.4) is 0 Å². The van der Waals surface area contributed by atoms with Gasteiger partial charge in [-0.2, -0.15) is 0 Å². The number of carbonyl (C=O) groups excluding carboxylic acids is 1. The number of hydrogen-bond donors (Lipinski definition) is 1. The molecule has 1 aromatic carbocycles. The van der Waals surface area contributed by atoms with Gasteiger partial charge in [-0.1, -0.05) is 12.1 Å². The molecule has 0 aromatic heterocycles. The van der Waals surface area contributed by atoms with Gasteiger partial charge in [-0.05, 0) is 37.5 Å². The summed E-state index contributed by atoms with van der Waals surface area (Å²) in [7, 11) is 3.05. The van der Waals surface area contributed by atoms with Crippen LogP contribution in [0.5, 0.6) is 5.75 Å². The van der Waals surface area contributed by atoms with Gasteiger partial charge in [0.25, 0.3) is 0 Å². The number of rotatable bonds is 8. The molecule has 1 N–H and O–H groups in total. The van der Waals surface area contributed by atoms with Crippen molar-refractivity contribution in [3.05, 3.63) is 29.8 Å². The predicted molar refractivity (Wildman–Crippen MR) is 79.2 cm³/mol. The minimum atomic E-state index is -0.826. The van der Waals surface area contributed by atoms with Crippen molar-refractivity contribution in [2.75, 3.05) is 20.8 Å². The monoisotopic (exact) mass is 293 g/mol. The summed E-state index contributed by atoms with van der Waals surface area (Å²) in [6.45, 7) is 2.58. The van der Waals surface area contributed by atoms with Gasteiger partial charge in [0.2, 0.25) is 0 Å². The maximum Gasteiger partial charge on any atom is 0.329 e. The average Bonchev–Trinajstić information content (AvgIpc) is 3.29. The van der Waals surface area contributed by atoms with Gasteiger partial charge in [0, 0.05) is 13.2 Å². The fraction of sp³-hybridized carbons (Fsp3) is 0.562. The van der Waals surface area contributed by atoms with Crippen molar-refractivity contribution in [2.45, 2.75) is 38.0 Å². The predicted octanol–water partition coefficient (Wildman–Crippen LogP) is 1.90. The number of methoxy groups -OCH3 is 2. The highest BCUT2D eigenvalue weighted by Crippen LogP contribution is 2.24. The quantitative estimate of drug-likeness (QED) is 0.742. The summed E-state index contributed by atoms with van der Waals surface area (Å²) >= 11 is 0. The van der Waals surface area contributed by atoms with Crippen LogP contribution in [0.4, 0.5) is 0 Å². The van der Waals surface area contributed by atoms with E-state index in [0.717, 1.165) is 24.2 Å². The topological polar surface area (TPSA) is 56.8 Å². The molecule has 0 amide bonds. The summed E-state index contributed by atoms with van der Waals surface area (Å²) in [5.41, 5.74) is 0.206. The third-order valence-electron chi connectivity index (χ3n) is 3.47. The molecule has 1 atom stereocenters. The highest BCUT2D eigenvalue weighted by atomic mass is 16.5. The molecule has 21 heavy (non-hydrogen) atoms. The van der Waals surface area contributed by atoms with Crippen LogP contribution in [0, 0.1) is 0 Å². The van der Waals surface area contributed by atoms with E-state index >= 15 is 0 Å². The molecule has 0 spiro atoms. The number of benzene rings is 1. The largest absolute Gasteiger partial charge is 0.491 e. The summed E-state index contributed by atoms with van der Waals surface area (Å²) < 4.78 is 15.8. The maximum absolute atomic E-state index is 12.0. The molecule has 1 fully saturated rings. The molecule has 0 heterocycles. The Kier molecular flexibility index (Phi) is 5.20.